The zero-order valence-corrected chi connectivity index (χ0v) is 20.5. The number of carbonyl (C=O) groups excluding carboxylic acids is 2. The molecule has 3 fully saturated rings. The quantitative estimate of drug-likeness (QED) is 0.277. The smallest absolute Gasteiger partial charge is 0.306 e. The van der Waals surface area contributed by atoms with E-state index in [1.54, 1.807) is 0 Å². The van der Waals surface area contributed by atoms with E-state index in [1.807, 2.05) is 0 Å². The first-order valence-electron chi connectivity index (χ1n) is 13.4. The summed E-state index contributed by atoms with van der Waals surface area (Å²) in [6, 6.07) is 0. The van der Waals surface area contributed by atoms with Gasteiger partial charge >= 0.3 is 5.97 Å². The minimum Gasteiger partial charge on any atom is -0.462 e. The second-order valence-corrected chi connectivity index (χ2v) is 11.7. The van der Waals surface area contributed by atoms with Gasteiger partial charge in [0.1, 0.15) is 11.9 Å². The summed E-state index contributed by atoms with van der Waals surface area (Å²) in [5.74, 6) is 1.30. The summed E-state index contributed by atoms with van der Waals surface area (Å²) in [7, 11) is 0. The molecule has 3 saturated carbocycles. The molecule has 1 unspecified atom stereocenters. The topological polar surface area (TPSA) is 63.6 Å². The van der Waals surface area contributed by atoms with Gasteiger partial charge in [-0.05, 0) is 61.7 Å². The average Bonchev–Trinajstić information content (AvgIpc) is 3.06. The Bertz CT molecular complexity index is 742. The Morgan fingerprint density at radius 3 is 2.50 bits per heavy atom. The van der Waals surface area contributed by atoms with Crippen molar-refractivity contribution in [1.29, 1.82) is 0 Å². The number of rotatable bonds is 8. The summed E-state index contributed by atoms with van der Waals surface area (Å²) in [6.07, 6.45) is 15.4. The SMILES string of the molecule is CCCCCCCCC(=O)O[C@H]1CC[C@@]2(C)C(=CC(O)[C@@H]3[C@@H]2CC[C@]2(C)C(=O)CC[C@@H]32)C1. The molecule has 0 aromatic heterocycles. The molecule has 0 spiro atoms. The van der Waals surface area contributed by atoms with E-state index in [2.05, 4.69) is 26.8 Å². The molecule has 0 heterocycles. The molecule has 0 radical (unpaired) electrons. The molecule has 0 aromatic rings. The number of ether oxygens (including phenoxy) is 1. The van der Waals surface area contributed by atoms with Crippen LogP contribution in [0.2, 0.25) is 0 Å². The predicted molar refractivity (Wildman–Crippen MR) is 126 cm³/mol. The molecule has 1 N–H and O–H groups in total. The molecular formula is C28H44O4. The van der Waals surface area contributed by atoms with Crippen molar-refractivity contribution in [1.82, 2.24) is 0 Å². The van der Waals surface area contributed by atoms with Crippen LogP contribution in [0.5, 0.6) is 0 Å². The maximum absolute atomic E-state index is 12.6. The van der Waals surface area contributed by atoms with Crippen molar-refractivity contribution in [3.05, 3.63) is 11.6 Å². The largest absolute Gasteiger partial charge is 0.462 e. The highest BCUT2D eigenvalue weighted by Gasteiger charge is 2.60. The first-order valence-corrected chi connectivity index (χ1v) is 13.4. The average molecular weight is 445 g/mol. The first kappa shape index (κ1) is 24.0. The second kappa shape index (κ2) is 9.60. The van der Waals surface area contributed by atoms with Gasteiger partial charge in [0.15, 0.2) is 0 Å². The van der Waals surface area contributed by atoms with E-state index in [0.29, 0.717) is 30.5 Å². The Morgan fingerprint density at radius 1 is 1.03 bits per heavy atom. The van der Waals surface area contributed by atoms with Crippen LogP contribution in [0.15, 0.2) is 11.6 Å². The molecule has 32 heavy (non-hydrogen) atoms. The second-order valence-electron chi connectivity index (χ2n) is 11.7. The minimum atomic E-state index is -0.476. The zero-order chi connectivity index (χ0) is 22.9. The van der Waals surface area contributed by atoms with Gasteiger partial charge < -0.3 is 9.84 Å². The van der Waals surface area contributed by atoms with Gasteiger partial charge in [-0.3, -0.25) is 9.59 Å². The highest BCUT2D eigenvalue weighted by molar-refractivity contribution is 5.87. The van der Waals surface area contributed by atoms with Gasteiger partial charge in [-0.1, -0.05) is 64.5 Å². The number of aliphatic hydroxyl groups excluding tert-OH is 1. The third kappa shape index (κ3) is 4.33. The zero-order valence-electron chi connectivity index (χ0n) is 20.5. The van der Waals surface area contributed by atoms with Crippen LogP contribution < -0.4 is 0 Å². The van der Waals surface area contributed by atoms with Crippen molar-refractivity contribution in [2.45, 2.75) is 123 Å². The lowest BCUT2D eigenvalue weighted by atomic mass is 9.47. The fourth-order valence-electron chi connectivity index (χ4n) is 7.78. The van der Waals surface area contributed by atoms with E-state index >= 15 is 0 Å². The highest BCUT2D eigenvalue weighted by atomic mass is 16.5. The van der Waals surface area contributed by atoms with Crippen LogP contribution in [0, 0.1) is 28.6 Å². The van der Waals surface area contributed by atoms with Gasteiger partial charge in [0.05, 0.1) is 6.10 Å². The number of fused-ring (bicyclic) bond motifs is 5. The molecule has 0 saturated heterocycles. The first-order chi connectivity index (χ1) is 15.3. The van der Waals surface area contributed by atoms with Crippen molar-refractivity contribution in [3.8, 4) is 0 Å². The van der Waals surface area contributed by atoms with E-state index < -0.39 is 6.10 Å². The maximum atomic E-state index is 12.6. The molecule has 180 valence electrons. The summed E-state index contributed by atoms with van der Waals surface area (Å²) in [5.41, 5.74) is 1.13. The summed E-state index contributed by atoms with van der Waals surface area (Å²) < 4.78 is 5.88. The van der Waals surface area contributed by atoms with E-state index in [1.165, 1.54) is 31.3 Å². The number of hydrogen-bond donors (Lipinski definition) is 1. The van der Waals surface area contributed by atoms with E-state index in [-0.39, 0.29) is 28.8 Å². The number of aliphatic hydroxyl groups is 1. The van der Waals surface area contributed by atoms with Crippen LogP contribution in [0.3, 0.4) is 0 Å². The van der Waals surface area contributed by atoms with Crippen molar-refractivity contribution in [2.75, 3.05) is 0 Å². The lowest BCUT2D eigenvalue weighted by molar-refractivity contribution is -0.152. The number of Topliss-reactive ketones (excluding diaryl/α,β-unsaturated/α-hetero) is 1. The number of esters is 1. The Labute approximate surface area is 194 Å². The van der Waals surface area contributed by atoms with E-state index in [0.717, 1.165) is 51.4 Å². The summed E-state index contributed by atoms with van der Waals surface area (Å²) >= 11 is 0. The normalized spacial score (nSPS) is 40.8. The molecule has 4 nitrogen and oxygen atoms in total. The highest BCUT2D eigenvalue weighted by Crippen LogP contribution is 2.64. The minimum absolute atomic E-state index is 0.0485. The Hall–Kier alpha value is -1.16. The van der Waals surface area contributed by atoms with Crippen molar-refractivity contribution >= 4 is 11.8 Å². The molecular weight excluding hydrogens is 400 g/mol. The molecule has 0 aliphatic heterocycles. The number of hydrogen-bond acceptors (Lipinski definition) is 4. The number of carbonyl (C=O) groups is 2. The number of ketones is 1. The van der Waals surface area contributed by atoms with Crippen LogP contribution in [0.1, 0.15) is 111 Å². The standard InChI is InChI=1S/C28H44O4/c1-4-5-6-7-8-9-10-25(31)32-20-13-15-27(2)19(17-20)18-23(29)26-21-11-12-24(30)28(21,3)16-14-22(26)27/h18,20-23,26,29H,4-17H2,1-3H3/t20-,21-,22-,23?,26-,27-,28-/m0/s1. The Kier molecular flexibility index (Phi) is 7.20. The van der Waals surface area contributed by atoms with Gasteiger partial charge in [-0.25, -0.2) is 0 Å². The van der Waals surface area contributed by atoms with E-state index in [4.69, 9.17) is 4.74 Å². The van der Waals surface area contributed by atoms with Crippen molar-refractivity contribution < 1.29 is 19.4 Å². The molecule has 7 atom stereocenters. The molecule has 4 rings (SSSR count). The lowest BCUT2D eigenvalue weighted by Crippen LogP contribution is -2.54. The van der Waals surface area contributed by atoms with E-state index in [9.17, 15) is 14.7 Å². The Balaban J connectivity index is 1.36. The number of unbranched alkanes of at least 4 members (excludes halogenated alkanes) is 5. The molecule has 0 amide bonds. The molecule has 4 aliphatic rings. The van der Waals surface area contributed by atoms with Crippen molar-refractivity contribution in [2.24, 2.45) is 28.6 Å². The van der Waals surface area contributed by atoms with Crippen molar-refractivity contribution in [3.63, 3.8) is 0 Å². The summed E-state index contributed by atoms with van der Waals surface area (Å²) in [6.45, 7) is 6.74. The fraction of sp³-hybridized carbons (Fsp3) is 0.857. The molecule has 0 bridgehead atoms. The van der Waals surface area contributed by atoms with Gasteiger partial charge in [0.2, 0.25) is 0 Å². The predicted octanol–water partition coefficient (Wildman–Crippen LogP) is 6.15. The van der Waals surface area contributed by atoms with Crippen LogP contribution >= 0.6 is 0 Å². The molecule has 0 aromatic carbocycles. The fourth-order valence-corrected chi connectivity index (χ4v) is 7.78. The Morgan fingerprint density at radius 2 is 1.72 bits per heavy atom. The third-order valence-electron chi connectivity index (χ3n) is 9.83. The van der Waals surface area contributed by atoms with Crippen LogP contribution in [-0.4, -0.2) is 29.1 Å². The van der Waals surface area contributed by atoms with Gasteiger partial charge in [0, 0.05) is 24.7 Å². The monoisotopic (exact) mass is 444 g/mol. The lowest BCUT2D eigenvalue weighted by Gasteiger charge is -2.58. The molecule has 4 heteroatoms. The van der Waals surface area contributed by atoms with Crippen LogP contribution in [-0.2, 0) is 14.3 Å². The van der Waals surface area contributed by atoms with Crippen LogP contribution in [0.4, 0.5) is 0 Å². The van der Waals surface area contributed by atoms with Gasteiger partial charge in [0.25, 0.3) is 0 Å². The summed E-state index contributed by atoms with van der Waals surface area (Å²) in [4.78, 5) is 25.0. The van der Waals surface area contributed by atoms with Gasteiger partial charge in [-0.15, -0.1) is 0 Å². The third-order valence-corrected chi connectivity index (χ3v) is 9.83. The maximum Gasteiger partial charge on any atom is 0.306 e. The van der Waals surface area contributed by atoms with Gasteiger partial charge in [-0.2, -0.15) is 0 Å². The summed E-state index contributed by atoms with van der Waals surface area (Å²) in [5, 5.41) is 11.2. The van der Waals surface area contributed by atoms with Crippen LogP contribution in [0.25, 0.3) is 0 Å². The molecule has 4 aliphatic carbocycles.